The molecule has 2 heterocycles. The first-order chi connectivity index (χ1) is 8.19. The van der Waals surface area contributed by atoms with Crippen molar-refractivity contribution in [3.8, 4) is 0 Å². The molecule has 2 aliphatic rings. The Hall–Kier alpha value is 1.18. The molecule has 18 heavy (non-hydrogen) atoms. The van der Waals surface area contributed by atoms with Gasteiger partial charge in [0.25, 0.3) is 0 Å². The van der Waals surface area contributed by atoms with Gasteiger partial charge in [0.1, 0.15) is 0 Å². The topological polar surface area (TPSA) is 68.3 Å². The third kappa shape index (κ3) is 3.85. The van der Waals surface area contributed by atoms with Crippen LogP contribution in [0.5, 0.6) is 0 Å². The summed E-state index contributed by atoms with van der Waals surface area (Å²) < 4.78 is 45.5. The summed E-state index contributed by atoms with van der Waals surface area (Å²) >= 11 is 12.0. The van der Waals surface area contributed by atoms with E-state index in [1.165, 1.54) is 21.6 Å². The molecule has 2 rings (SSSR count). The third-order valence-corrected chi connectivity index (χ3v) is 11.7. The van der Waals surface area contributed by atoms with Gasteiger partial charge in [-0.2, -0.15) is 0 Å². The Kier molecular flexibility index (Phi) is 4.77. The highest BCUT2D eigenvalue weighted by Crippen LogP contribution is 2.42. The Morgan fingerprint density at radius 3 is 1.28 bits per heavy atom. The first-order valence-corrected chi connectivity index (χ1v) is 12.0. The van der Waals surface area contributed by atoms with Crippen LogP contribution in [0, 0.1) is 0 Å². The Morgan fingerprint density at radius 2 is 1.06 bits per heavy atom. The van der Waals surface area contributed by atoms with Crippen molar-refractivity contribution in [2.75, 3.05) is 23.0 Å². The van der Waals surface area contributed by atoms with E-state index in [0.717, 1.165) is 0 Å². The van der Waals surface area contributed by atoms with Gasteiger partial charge in [0.15, 0.2) is 19.7 Å². The lowest BCUT2D eigenvalue weighted by molar-refractivity contribution is 0.600. The average Bonchev–Trinajstić information content (AvgIpc) is 2.59. The van der Waals surface area contributed by atoms with Crippen molar-refractivity contribution < 1.29 is 16.8 Å². The summed E-state index contributed by atoms with van der Waals surface area (Å²) in [6, 6.07) is 0. The molecule has 2 aliphatic heterocycles. The molecule has 106 valence electrons. The molecule has 0 amide bonds. The summed E-state index contributed by atoms with van der Waals surface area (Å²) in [6.07, 6.45) is 0. The molecule has 0 aromatic heterocycles. The van der Waals surface area contributed by atoms with Crippen LogP contribution < -0.4 is 0 Å². The summed E-state index contributed by atoms with van der Waals surface area (Å²) in [5.74, 6) is 0.122. The minimum absolute atomic E-state index is 0.0000507. The molecular formula is C8H12Cl2O4S4. The number of sulfone groups is 2. The van der Waals surface area contributed by atoms with Gasteiger partial charge in [-0.15, -0.1) is 23.2 Å². The predicted octanol–water partition coefficient (Wildman–Crippen LogP) is 1.18. The highest BCUT2D eigenvalue weighted by molar-refractivity contribution is 8.77. The van der Waals surface area contributed by atoms with Crippen molar-refractivity contribution >= 4 is 64.5 Å². The molecule has 10 heteroatoms. The fraction of sp³-hybridized carbons (Fsp3) is 1.00. The fourth-order valence-corrected chi connectivity index (χ4v) is 12.6. The zero-order valence-corrected chi connectivity index (χ0v) is 13.9. The van der Waals surface area contributed by atoms with E-state index in [0.29, 0.717) is 0 Å². The van der Waals surface area contributed by atoms with Crippen LogP contribution in [-0.2, 0) is 19.7 Å². The molecule has 0 aromatic rings. The van der Waals surface area contributed by atoms with Crippen molar-refractivity contribution in [3.63, 3.8) is 0 Å². The van der Waals surface area contributed by atoms with Gasteiger partial charge in [0.2, 0.25) is 0 Å². The van der Waals surface area contributed by atoms with Gasteiger partial charge in [-0.25, -0.2) is 16.8 Å². The summed E-state index contributed by atoms with van der Waals surface area (Å²) in [5.41, 5.74) is 0. The highest BCUT2D eigenvalue weighted by atomic mass is 35.5. The van der Waals surface area contributed by atoms with Gasteiger partial charge in [0, 0.05) is 10.5 Å². The highest BCUT2D eigenvalue weighted by Gasteiger charge is 2.41. The zero-order chi connectivity index (χ0) is 13.6. The van der Waals surface area contributed by atoms with Crippen LogP contribution in [0.25, 0.3) is 0 Å². The van der Waals surface area contributed by atoms with Gasteiger partial charge in [0.05, 0.1) is 33.8 Å². The standard InChI is InChI=1S/C8H12Cl2O4S4/c9-5-1-17(11,12)3-7(5)15-16-8-4-18(13,14)2-6(8)10/h5-8H,1-4H2/t5-,6+,7-,8+. The predicted molar refractivity (Wildman–Crippen MR) is 79.3 cm³/mol. The lowest BCUT2D eigenvalue weighted by Crippen LogP contribution is -2.17. The van der Waals surface area contributed by atoms with E-state index >= 15 is 0 Å². The van der Waals surface area contributed by atoms with Crippen LogP contribution in [-0.4, -0.2) is 61.1 Å². The monoisotopic (exact) mass is 370 g/mol. The largest absolute Gasteiger partial charge is 0.229 e. The quantitative estimate of drug-likeness (QED) is 0.548. The molecule has 0 spiro atoms. The van der Waals surface area contributed by atoms with Crippen LogP contribution in [0.2, 0.25) is 0 Å². The van der Waals surface area contributed by atoms with Crippen molar-refractivity contribution in [1.29, 1.82) is 0 Å². The van der Waals surface area contributed by atoms with E-state index in [4.69, 9.17) is 23.2 Å². The molecule has 0 aliphatic carbocycles. The van der Waals surface area contributed by atoms with Gasteiger partial charge >= 0.3 is 0 Å². The van der Waals surface area contributed by atoms with E-state index < -0.39 is 30.4 Å². The van der Waals surface area contributed by atoms with E-state index in [9.17, 15) is 16.8 Å². The van der Waals surface area contributed by atoms with Crippen LogP contribution in [0.4, 0.5) is 0 Å². The van der Waals surface area contributed by atoms with Crippen LogP contribution >= 0.6 is 44.8 Å². The lowest BCUT2D eigenvalue weighted by atomic mass is 10.4. The number of hydrogen-bond acceptors (Lipinski definition) is 6. The third-order valence-electron chi connectivity index (χ3n) is 2.77. The maximum Gasteiger partial charge on any atom is 0.152 e. The zero-order valence-electron chi connectivity index (χ0n) is 9.16. The van der Waals surface area contributed by atoms with Crippen molar-refractivity contribution in [3.05, 3.63) is 0 Å². The summed E-state index contributed by atoms with van der Waals surface area (Å²) in [4.78, 5) is 0. The Bertz CT molecular complexity index is 469. The number of halogens is 2. The van der Waals surface area contributed by atoms with Crippen LogP contribution in [0.3, 0.4) is 0 Å². The van der Waals surface area contributed by atoms with E-state index in [1.54, 1.807) is 0 Å². The van der Waals surface area contributed by atoms with Gasteiger partial charge in [-0.3, -0.25) is 0 Å². The maximum atomic E-state index is 11.4. The maximum absolute atomic E-state index is 11.4. The van der Waals surface area contributed by atoms with Gasteiger partial charge in [-0.05, 0) is 0 Å². The normalized spacial score (nSPS) is 42.1. The molecular weight excluding hydrogens is 359 g/mol. The molecule has 4 atom stereocenters. The van der Waals surface area contributed by atoms with Gasteiger partial charge in [-0.1, -0.05) is 21.6 Å². The second-order valence-corrected chi connectivity index (χ2v) is 12.6. The van der Waals surface area contributed by atoms with E-state index in [2.05, 4.69) is 0 Å². The van der Waals surface area contributed by atoms with Crippen molar-refractivity contribution in [1.82, 2.24) is 0 Å². The van der Waals surface area contributed by atoms with Crippen LogP contribution in [0.1, 0.15) is 0 Å². The summed E-state index contributed by atoms with van der Waals surface area (Å²) in [7, 11) is -3.38. The average molecular weight is 371 g/mol. The van der Waals surface area contributed by atoms with Crippen molar-refractivity contribution in [2.45, 2.75) is 21.3 Å². The summed E-state index contributed by atoms with van der Waals surface area (Å²) in [6.45, 7) is 0. The second kappa shape index (κ2) is 5.52. The minimum Gasteiger partial charge on any atom is -0.229 e. The molecule has 2 fully saturated rings. The first kappa shape index (κ1) is 15.6. The minimum atomic E-state index is -3.04. The molecule has 0 radical (unpaired) electrons. The molecule has 0 bridgehead atoms. The lowest BCUT2D eigenvalue weighted by Gasteiger charge is -2.15. The smallest absolute Gasteiger partial charge is 0.152 e. The molecule has 0 aromatic carbocycles. The van der Waals surface area contributed by atoms with Crippen molar-refractivity contribution in [2.24, 2.45) is 0 Å². The van der Waals surface area contributed by atoms with Gasteiger partial charge < -0.3 is 0 Å². The molecule has 0 saturated carbocycles. The first-order valence-electron chi connectivity index (χ1n) is 5.20. The second-order valence-electron chi connectivity index (χ2n) is 4.46. The molecule has 0 unspecified atom stereocenters. The summed E-state index contributed by atoms with van der Waals surface area (Å²) in [5, 5.41) is -1.18. The SMILES string of the molecule is O=S1(=O)C[C@H](SS[C@@H]2CS(=O)(=O)C[C@H]2Cl)[C@@H](Cl)C1. The number of hydrogen-bond donors (Lipinski definition) is 0. The Labute approximate surface area is 125 Å². The van der Waals surface area contributed by atoms with Crippen LogP contribution in [0.15, 0.2) is 0 Å². The van der Waals surface area contributed by atoms with E-state index in [-0.39, 0.29) is 33.5 Å². The number of rotatable bonds is 3. The fourth-order valence-electron chi connectivity index (χ4n) is 1.86. The van der Waals surface area contributed by atoms with E-state index in [1.807, 2.05) is 0 Å². The Balaban J connectivity index is 1.90. The molecule has 4 nitrogen and oxygen atoms in total. The number of alkyl halides is 2. The Morgan fingerprint density at radius 1 is 0.722 bits per heavy atom. The molecule has 2 saturated heterocycles. The molecule has 0 N–H and O–H groups in total.